The van der Waals surface area contributed by atoms with Crippen LogP contribution in [0.2, 0.25) is 0 Å². The van der Waals surface area contributed by atoms with Crippen LogP contribution in [0.5, 0.6) is 0 Å². The van der Waals surface area contributed by atoms with E-state index in [2.05, 4.69) is 20.8 Å². The third-order valence-electron chi connectivity index (χ3n) is 4.33. The number of esters is 1. The summed E-state index contributed by atoms with van der Waals surface area (Å²) in [5, 5.41) is 17.1. The maximum atomic E-state index is 12.7. The van der Waals surface area contributed by atoms with Crippen LogP contribution in [0, 0.1) is 0 Å². The topological polar surface area (TPSA) is 81.9 Å². The average molecular weight is 335 g/mol. The first-order valence-electron chi connectivity index (χ1n) is 8.11. The number of tetrazole rings is 1. The van der Waals surface area contributed by atoms with E-state index in [0.29, 0.717) is 23.8 Å². The molecule has 0 saturated carbocycles. The summed E-state index contributed by atoms with van der Waals surface area (Å²) < 4.78 is 6.91. The molecule has 4 rings (SSSR count). The minimum atomic E-state index is -0.448. The van der Waals surface area contributed by atoms with Crippen LogP contribution in [0.4, 0.5) is 5.95 Å². The van der Waals surface area contributed by atoms with Crippen molar-refractivity contribution in [1.29, 1.82) is 0 Å². The van der Waals surface area contributed by atoms with Crippen molar-refractivity contribution in [3.8, 4) is 0 Å². The predicted octanol–water partition coefficient (Wildman–Crippen LogP) is 2.68. The van der Waals surface area contributed by atoms with Gasteiger partial charge in [-0.2, -0.15) is 4.68 Å². The van der Waals surface area contributed by atoms with Crippen LogP contribution in [0.1, 0.15) is 25.5 Å². The number of allylic oxidation sites excluding steroid dienone is 1. The first kappa shape index (κ1) is 15.3. The van der Waals surface area contributed by atoms with Gasteiger partial charge in [0.05, 0.1) is 12.2 Å². The highest BCUT2D eigenvalue weighted by Crippen LogP contribution is 2.37. The highest BCUT2D eigenvalue weighted by atomic mass is 16.5. The van der Waals surface area contributed by atoms with Crippen LogP contribution in [-0.4, -0.2) is 32.8 Å². The number of hydrogen-bond donors (Lipinski definition) is 1. The fraction of sp³-hybridized carbons (Fsp3) is 0.222. The molecule has 0 unspecified atom stereocenters. The molecule has 0 aliphatic carbocycles. The summed E-state index contributed by atoms with van der Waals surface area (Å²) in [5.74, 6) is 0.134. The third kappa shape index (κ3) is 2.44. The van der Waals surface area contributed by atoms with Crippen LogP contribution in [0.25, 0.3) is 10.8 Å². The van der Waals surface area contributed by atoms with Crippen molar-refractivity contribution in [1.82, 2.24) is 20.2 Å². The van der Waals surface area contributed by atoms with Crippen molar-refractivity contribution in [2.45, 2.75) is 19.9 Å². The number of carbonyl (C=O) groups excluding carboxylic acids is 1. The highest BCUT2D eigenvalue weighted by Gasteiger charge is 2.35. The maximum Gasteiger partial charge on any atom is 0.338 e. The Labute approximate surface area is 144 Å². The van der Waals surface area contributed by atoms with Gasteiger partial charge in [0.15, 0.2) is 0 Å². The number of hydrogen-bond acceptors (Lipinski definition) is 6. The van der Waals surface area contributed by atoms with Gasteiger partial charge in [-0.3, -0.25) is 0 Å². The normalized spacial score (nSPS) is 16.5. The van der Waals surface area contributed by atoms with Gasteiger partial charge >= 0.3 is 5.97 Å². The summed E-state index contributed by atoms with van der Waals surface area (Å²) in [6.45, 7) is 3.93. The van der Waals surface area contributed by atoms with Crippen LogP contribution >= 0.6 is 0 Å². The van der Waals surface area contributed by atoms with Crippen molar-refractivity contribution in [3.63, 3.8) is 0 Å². The lowest BCUT2D eigenvalue weighted by atomic mass is 9.91. The molecular weight excluding hydrogens is 318 g/mol. The summed E-state index contributed by atoms with van der Waals surface area (Å²) in [4.78, 5) is 12.7. The number of aromatic nitrogens is 4. The number of ether oxygens (including phenoxy) is 1. The fourth-order valence-corrected chi connectivity index (χ4v) is 3.26. The fourth-order valence-electron chi connectivity index (χ4n) is 3.26. The summed E-state index contributed by atoms with van der Waals surface area (Å²) in [6.07, 6.45) is 0. The van der Waals surface area contributed by atoms with E-state index in [-0.39, 0.29) is 5.97 Å². The van der Waals surface area contributed by atoms with E-state index >= 15 is 0 Å². The zero-order chi connectivity index (χ0) is 17.4. The molecule has 1 N–H and O–H groups in total. The zero-order valence-electron chi connectivity index (χ0n) is 13.9. The molecule has 1 aliphatic heterocycles. The molecule has 2 aromatic carbocycles. The number of nitrogens with zero attached hydrogens (tertiary/aromatic N) is 4. The van der Waals surface area contributed by atoms with E-state index in [9.17, 15) is 4.79 Å². The van der Waals surface area contributed by atoms with Gasteiger partial charge in [0.25, 0.3) is 0 Å². The van der Waals surface area contributed by atoms with Gasteiger partial charge in [-0.25, -0.2) is 4.79 Å². The van der Waals surface area contributed by atoms with Crippen molar-refractivity contribution in [2.24, 2.45) is 0 Å². The Morgan fingerprint density at radius 1 is 1.24 bits per heavy atom. The molecule has 3 aromatic rings. The van der Waals surface area contributed by atoms with Crippen LogP contribution < -0.4 is 5.32 Å². The highest BCUT2D eigenvalue weighted by molar-refractivity contribution is 5.95. The maximum absolute atomic E-state index is 12.7. The number of benzene rings is 2. The molecule has 0 saturated heterocycles. The molecule has 0 bridgehead atoms. The smallest absolute Gasteiger partial charge is 0.338 e. The summed E-state index contributed by atoms with van der Waals surface area (Å²) in [5.41, 5.74) is 2.16. The SMILES string of the molecule is CCOC(=O)C1=C(C)Nc2nnnn2[C@@H]1c1cccc2ccccc12. The third-order valence-corrected chi connectivity index (χ3v) is 4.33. The van der Waals surface area contributed by atoms with Gasteiger partial charge in [0, 0.05) is 5.70 Å². The molecular formula is C18H17N5O2. The van der Waals surface area contributed by atoms with E-state index in [1.807, 2.05) is 49.4 Å². The molecule has 0 radical (unpaired) electrons. The lowest BCUT2D eigenvalue weighted by Gasteiger charge is -2.28. The molecule has 1 aliphatic rings. The minimum Gasteiger partial charge on any atom is -0.463 e. The van der Waals surface area contributed by atoms with Crippen molar-refractivity contribution >= 4 is 22.7 Å². The quantitative estimate of drug-likeness (QED) is 0.741. The standard InChI is InChI=1S/C18H17N5O2/c1-3-25-17(24)15-11(2)19-18-20-21-22-23(18)16(15)14-10-6-8-12-7-4-5-9-13(12)14/h4-10,16H,3H2,1-2H3,(H,19,20,22)/t16-/m1/s1. The molecule has 7 nitrogen and oxygen atoms in total. The number of fused-ring (bicyclic) bond motifs is 2. The Morgan fingerprint density at radius 3 is 2.88 bits per heavy atom. The lowest BCUT2D eigenvalue weighted by molar-refractivity contribution is -0.139. The number of anilines is 1. The predicted molar refractivity (Wildman–Crippen MR) is 92.9 cm³/mol. The summed E-state index contributed by atoms with van der Waals surface area (Å²) in [6, 6.07) is 13.6. The molecule has 1 atom stereocenters. The monoisotopic (exact) mass is 335 g/mol. The van der Waals surface area contributed by atoms with Gasteiger partial charge in [-0.15, -0.1) is 0 Å². The minimum absolute atomic E-state index is 0.306. The Hall–Kier alpha value is -3.22. The average Bonchev–Trinajstić information content (AvgIpc) is 3.08. The van der Waals surface area contributed by atoms with E-state index in [0.717, 1.165) is 16.3 Å². The molecule has 126 valence electrons. The first-order valence-corrected chi connectivity index (χ1v) is 8.11. The van der Waals surface area contributed by atoms with Gasteiger partial charge in [-0.1, -0.05) is 47.6 Å². The molecule has 0 amide bonds. The summed E-state index contributed by atoms with van der Waals surface area (Å²) >= 11 is 0. The Balaban J connectivity index is 1.97. The number of carbonyl (C=O) groups is 1. The van der Waals surface area contributed by atoms with Crippen molar-refractivity contribution in [3.05, 3.63) is 59.3 Å². The van der Waals surface area contributed by atoms with Gasteiger partial charge in [0.2, 0.25) is 5.95 Å². The Morgan fingerprint density at radius 2 is 2.04 bits per heavy atom. The van der Waals surface area contributed by atoms with Crippen LogP contribution in [0.15, 0.2) is 53.7 Å². The molecule has 7 heteroatoms. The second kappa shape index (κ2) is 6.01. The Kier molecular flexibility index (Phi) is 3.68. The van der Waals surface area contributed by atoms with Crippen molar-refractivity contribution in [2.75, 3.05) is 11.9 Å². The second-order valence-electron chi connectivity index (χ2n) is 5.80. The van der Waals surface area contributed by atoms with E-state index in [4.69, 9.17) is 4.74 Å². The number of nitrogens with one attached hydrogen (secondary N) is 1. The van der Waals surface area contributed by atoms with Gasteiger partial charge < -0.3 is 10.1 Å². The molecule has 0 spiro atoms. The zero-order valence-corrected chi connectivity index (χ0v) is 13.9. The summed E-state index contributed by atoms with van der Waals surface area (Å²) in [7, 11) is 0. The van der Waals surface area contributed by atoms with Crippen molar-refractivity contribution < 1.29 is 9.53 Å². The van der Waals surface area contributed by atoms with E-state index in [1.54, 1.807) is 11.6 Å². The molecule has 2 heterocycles. The van der Waals surface area contributed by atoms with E-state index in [1.165, 1.54) is 0 Å². The second-order valence-corrected chi connectivity index (χ2v) is 5.80. The molecule has 25 heavy (non-hydrogen) atoms. The van der Waals surface area contributed by atoms with E-state index < -0.39 is 6.04 Å². The lowest BCUT2D eigenvalue weighted by Crippen LogP contribution is -2.29. The molecule has 0 fully saturated rings. The largest absolute Gasteiger partial charge is 0.463 e. The molecule has 1 aromatic heterocycles. The van der Waals surface area contributed by atoms with Gasteiger partial charge in [0.1, 0.15) is 6.04 Å². The number of rotatable bonds is 3. The van der Waals surface area contributed by atoms with Gasteiger partial charge in [-0.05, 0) is 40.6 Å². The van der Waals surface area contributed by atoms with Crippen LogP contribution in [0.3, 0.4) is 0 Å². The van der Waals surface area contributed by atoms with Crippen LogP contribution in [-0.2, 0) is 9.53 Å². The Bertz CT molecular complexity index is 987. The first-order chi connectivity index (χ1) is 12.2.